The third kappa shape index (κ3) is 2.36. The summed E-state index contributed by atoms with van der Waals surface area (Å²) in [6, 6.07) is 10.4. The Morgan fingerprint density at radius 3 is 2.30 bits per heavy atom. The van der Waals surface area contributed by atoms with Crippen LogP contribution in [0.15, 0.2) is 52.3 Å². The summed E-state index contributed by atoms with van der Waals surface area (Å²) < 4.78 is 38.2. The molecule has 0 saturated heterocycles. The van der Waals surface area contributed by atoms with Gasteiger partial charge in [-0.3, -0.25) is 0 Å². The number of aryl methyl sites for hydroxylation is 2. The molecule has 0 spiro atoms. The van der Waals surface area contributed by atoms with E-state index in [1.807, 2.05) is 6.07 Å². The number of sulfone groups is 1. The fourth-order valence-electron chi connectivity index (χ4n) is 2.65. The van der Waals surface area contributed by atoms with Crippen molar-refractivity contribution in [3.05, 3.63) is 59.4 Å². The van der Waals surface area contributed by atoms with Crippen LogP contribution in [0.5, 0.6) is 0 Å². The SMILES string of the molecule is O=S(=O)(c1cccc(F)c1)c1ccc2c(c1)CCCC2. The molecule has 4 heteroatoms. The van der Waals surface area contributed by atoms with Crippen molar-refractivity contribution < 1.29 is 12.8 Å². The monoisotopic (exact) mass is 290 g/mol. The number of benzene rings is 2. The summed E-state index contributed by atoms with van der Waals surface area (Å²) in [6.07, 6.45) is 4.18. The predicted molar refractivity (Wildman–Crippen MR) is 74.9 cm³/mol. The van der Waals surface area contributed by atoms with Crippen molar-refractivity contribution in [3.8, 4) is 0 Å². The maximum absolute atomic E-state index is 13.2. The van der Waals surface area contributed by atoms with Crippen molar-refractivity contribution in [1.29, 1.82) is 0 Å². The summed E-state index contributed by atoms with van der Waals surface area (Å²) >= 11 is 0. The highest BCUT2D eigenvalue weighted by atomic mass is 32.2. The highest BCUT2D eigenvalue weighted by molar-refractivity contribution is 7.91. The molecule has 1 aliphatic carbocycles. The second-order valence-electron chi connectivity index (χ2n) is 5.10. The summed E-state index contributed by atoms with van der Waals surface area (Å²) in [4.78, 5) is 0.261. The highest BCUT2D eigenvalue weighted by Gasteiger charge is 2.20. The van der Waals surface area contributed by atoms with E-state index in [-0.39, 0.29) is 9.79 Å². The highest BCUT2D eigenvalue weighted by Crippen LogP contribution is 2.27. The molecule has 0 unspecified atom stereocenters. The maximum Gasteiger partial charge on any atom is 0.206 e. The molecular weight excluding hydrogens is 275 g/mol. The van der Waals surface area contributed by atoms with Crippen molar-refractivity contribution in [2.45, 2.75) is 35.5 Å². The molecule has 0 saturated carbocycles. The topological polar surface area (TPSA) is 34.1 Å². The van der Waals surface area contributed by atoms with E-state index in [9.17, 15) is 12.8 Å². The third-order valence-electron chi connectivity index (χ3n) is 3.74. The van der Waals surface area contributed by atoms with Crippen LogP contribution < -0.4 is 0 Å². The predicted octanol–water partition coefficient (Wildman–Crippen LogP) is 3.54. The molecule has 0 radical (unpaired) electrons. The molecule has 104 valence electrons. The zero-order valence-electron chi connectivity index (χ0n) is 11.0. The lowest BCUT2D eigenvalue weighted by Gasteiger charge is -2.16. The Morgan fingerprint density at radius 2 is 1.55 bits per heavy atom. The largest absolute Gasteiger partial charge is 0.219 e. The molecule has 0 N–H and O–H groups in total. The fourth-order valence-corrected chi connectivity index (χ4v) is 3.99. The van der Waals surface area contributed by atoms with Crippen LogP contribution in [-0.4, -0.2) is 8.42 Å². The lowest BCUT2D eigenvalue weighted by Crippen LogP contribution is -2.07. The van der Waals surface area contributed by atoms with E-state index in [1.165, 1.54) is 23.8 Å². The van der Waals surface area contributed by atoms with Crippen molar-refractivity contribution in [3.63, 3.8) is 0 Å². The average molecular weight is 290 g/mol. The Hall–Kier alpha value is -1.68. The van der Waals surface area contributed by atoms with E-state index in [4.69, 9.17) is 0 Å². The van der Waals surface area contributed by atoms with E-state index < -0.39 is 15.7 Å². The summed E-state index contributed by atoms with van der Waals surface area (Å²) in [6.45, 7) is 0. The number of halogens is 1. The van der Waals surface area contributed by atoms with Crippen LogP contribution in [0.25, 0.3) is 0 Å². The zero-order valence-corrected chi connectivity index (χ0v) is 11.8. The van der Waals surface area contributed by atoms with Gasteiger partial charge in [-0.1, -0.05) is 12.1 Å². The molecule has 1 aliphatic rings. The second kappa shape index (κ2) is 5.02. The smallest absolute Gasteiger partial charge is 0.206 e. The molecule has 2 nitrogen and oxygen atoms in total. The second-order valence-corrected chi connectivity index (χ2v) is 7.05. The van der Waals surface area contributed by atoms with E-state index in [0.29, 0.717) is 0 Å². The molecule has 0 aliphatic heterocycles. The van der Waals surface area contributed by atoms with Gasteiger partial charge in [-0.2, -0.15) is 0 Å². The van der Waals surface area contributed by atoms with Gasteiger partial charge in [-0.25, -0.2) is 12.8 Å². The first kappa shape index (κ1) is 13.3. The van der Waals surface area contributed by atoms with Gasteiger partial charge in [0, 0.05) is 0 Å². The first-order chi connectivity index (χ1) is 9.57. The molecule has 2 aromatic carbocycles. The zero-order chi connectivity index (χ0) is 14.2. The van der Waals surface area contributed by atoms with Crippen LogP contribution in [0.3, 0.4) is 0 Å². The maximum atomic E-state index is 13.2. The standard InChI is InChI=1S/C16H15FO2S/c17-14-6-3-7-15(11-14)20(18,19)16-9-8-12-4-1-2-5-13(12)10-16/h3,6-11H,1-2,4-5H2. The molecule has 3 rings (SSSR count). The summed E-state index contributed by atoms with van der Waals surface area (Å²) in [7, 11) is -3.63. The van der Waals surface area contributed by atoms with E-state index in [0.717, 1.165) is 37.3 Å². The molecule has 0 amide bonds. The van der Waals surface area contributed by atoms with Crippen LogP contribution in [0.4, 0.5) is 4.39 Å². The molecule has 0 heterocycles. The summed E-state index contributed by atoms with van der Waals surface area (Å²) in [5.74, 6) is -0.538. The number of rotatable bonds is 2. The summed E-state index contributed by atoms with van der Waals surface area (Å²) in [5, 5.41) is 0. The molecule has 20 heavy (non-hydrogen) atoms. The number of hydrogen-bond acceptors (Lipinski definition) is 2. The third-order valence-corrected chi connectivity index (χ3v) is 5.49. The van der Waals surface area contributed by atoms with Gasteiger partial charge < -0.3 is 0 Å². The van der Waals surface area contributed by atoms with Crippen LogP contribution >= 0.6 is 0 Å². The Labute approximate surface area is 118 Å². The molecular formula is C16H15FO2S. The lowest BCUT2D eigenvalue weighted by atomic mass is 9.92. The molecule has 0 aromatic heterocycles. The normalized spacial score (nSPS) is 14.8. The first-order valence-corrected chi connectivity index (χ1v) is 8.18. The first-order valence-electron chi connectivity index (χ1n) is 6.70. The van der Waals surface area contributed by atoms with Gasteiger partial charge in [0.05, 0.1) is 9.79 Å². The van der Waals surface area contributed by atoms with Crippen LogP contribution in [0, 0.1) is 5.82 Å². The van der Waals surface area contributed by atoms with Crippen LogP contribution in [0.2, 0.25) is 0 Å². The van der Waals surface area contributed by atoms with Gasteiger partial charge in [0.25, 0.3) is 0 Å². The Morgan fingerprint density at radius 1 is 0.850 bits per heavy atom. The number of fused-ring (bicyclic) bond motifs is 1. The minimum Gasteiger partial charge on any atom is -0.219 e. The molecule has 2 aromatic rings. The van der Waals surface area contributed by atoms with Gasteiger partial charge in [0.15, 0.2) is 0 Å². The van der Waals surface area contributed by atoms with Gasteiger partial charge in [-0.05, 0) is 67.1 Å². The van der Waals surface area contributed by atoms with Gasteiger partial charge in [0.2, 0.25) is 9.84 Å². The van der Waals surface area contributed by atoms with Crippen LogP contribution in [0.1, 0.15) is 24.0 Å². The van der Waals surface area contributed by atoms with Crippen LogP contribution in [-0.2, 0) is 22.7 Å². The lowest BCUT2D eigenvalue weighted by molar-refractivity contribution is 0.590. The van der Waals surface area contributed by atoms with E-state index in [1.54, 1.807) is 12.1 Å². The Bertz CT molecular complexity index is 751. The quantitative estimate of drug-likeness (QED) is 0.848. The molecule has 0 fully saturated rings. The van der Waals surface area contributed by atoms with Crippen molar-refractivity contribution >= 4 is 9.84 Å². The van der Waals surface area contributed by atoms with E-state index in [2.05, 4.69) is 0 Å². The van der Waals surface area contributed by atoms with Gasteiger partial charge in [-0.15, -0.1) is 0 Å². The fraction of sp³-hybridized carbons (Fsp3) is 0.250. The molecule has 0 bridgehead atoms. The van der Waals surface area contributed by atoms with Crippen molar-refractivity contribution in [1.82, 2.24) is 0 Å². The summed E-state index contributed by atoms with van der Waals surface area (Å²) in [5.41, 5.74) is 2.34. The Balaban J connectivity index is 2.08. The van der Waals surface area contributed by atoms with Crippen molar-refractivity contribution in [2.75, 3.05) is 0 Å². The molecule has 0 atom stereocenters. The minimum absolute atomic E-state index is 0.00765. The van der Waals surface area contributed by atoms with Gasteiger partial charge >= 0.3 is 0 Å². The van der Waals surface area contributed by atoms with E-state index >= 15 is 0 Å². The minimum atomic E-state index is -3.63. The van der Waals surface area contributed by atoms with Gasteiger partial charge in [0.1, 0.15) is 5.82 Å². The van der Waals surface area contributed by atoms with Crippen molar-refractivity contribution in [2.24, 2.45) is 0 Å². The number of hydrogen-bond donors (Lipinski definition) is 0. The average Bonchev–Trinajstić information content (AvgIpc) is 2.46. The Kier molecular flexibility index (Phi) is 3.34.